The van der Waals surface area contributed by atoms with Gasteiger partial charge in [0, 0.05) is 10.5 Å². The molecule has 0 aliphatic heterocycles. The molecule has 4 atom stereocenters. The second kappa shape index (κ2) is 128. The van der Waals surface area contributed by atoms with Crippen molar-refractivity contribution in [1.82, 2.24) is 0 Å². The van der Waals surface area contributed by atoms with Gasteiger partial charge in [-0.2, -0.15) is 165 Å². The van der Waals surface area contributed by atoms with Gasteiger partial charge in [0.25, 0.3) is 0 Å². The molecule has 0 aliphatic carbocycles. The van der Waals surface area contributed by atoms with Gasteiger partial charge in [0.1, 0.15) is 0 Å². The molecular weight excluding hydrogens is 1460 g/mol. The summed E-state index contributed by atoms with van der Waals surface area (Å²) in [5, 5.41) is 7.29. The molecule has 0 aromatic carbocycles. The van der Waals surface area contributed by atoms with E-state index in [1.54, 1.807) is 0 Å². The Morgan fingerprint density at radius 2 is 0.531 bits per heavy atom. The molecule has 0 aromatic rings. The van der Waals surface area contributed by atoms with Crippen molar-refractivity contribution in [3.05, 3.63) is 0 Å². The molecule has 98 heavy (non-hydrogen) atoms. The predicted molar refractivity (Wildman–Crippen MR) is 530 cm³/mol. The molecule has 0 N–H and O–H groups in total. The van der Waals surface area contributed by atoms with E-state index in [-0.39, 0.29) is 0 Å². The highest BCUT2D eigenvalue weighted by Crippen LogP contribution is 2.23. The van der Waals surface area contributed by atoms with E-state index in [2.05, 4.69) is 340 Å². The molecule has 0 saturated carbocycles. The largest absolute Gasteiger partial charge is 0.166 e. The minimum atomic E-state index is 0.780. The third kappa shape index (κ3) is 225. The summed E-state index contributed by atoms with van der Waals surface area (Å²) in [7, 11) is 0. The minimum absolute atomic E-state index is 0.780. The first-order valence-electron chi connectivity index (χ1n) is 39.6. The van der Waals surface area contributed by atoms with Crippen LogP contribution in [0.5, 0.6) is 0 Å². The summed E-state index contributed by atoms with van der Waals surface area (Å²) in [4.78, 5) is 0. The fraction of sp³-hybridized carbons (Fsp3) is 1.00. The Hall–Kier alpha value is 4.90. The fourth-order valence-electron chi connectivity index (χ4n) is 5.26. The number of hydrogen-bond acceptors (Lipinski definition) is 14. The Bertz CT molecular complexity index is 1100. The Kier molecular flexibility index (Phi) is 177. The summed E-state index contributed by atoms with van der Waals surface area (Å²) in [6, 6.07) is 0. The van der Waals surface area contributed by atoms with Crippen LogP contribution in [0.4, 0.5) is 0 Å². The number of unbranched alkanes of at least 4 members (excludes halogenated alkanes) is 6. The lowest BCUT2D eigenvalue weighted by atomic mass is 10.2. The van der Waals surface area contributed by atoms with Crippen LogP contribution in [-0.4, -0.2) is 160 Å². The molecule has 0 aromatic heterocycles. The van der Waals surface area contributed by atoms with Gasteiger partial charge < -0.3 is 0 Å². The number of thioether (sulfide) groups is 14. The van der Waals surface area contributed by atoms with Crippen molar-refractivity contribution < 1.29 is 0 Å². The van der Waals surface area contributed by atoms with E-state index >= 15 is 0 Å². The lowest BCUT2D eigenvalue weighted by Gasteiger charge is -2.16. The first-order chi connectivity index (χ1) is 45.8. The van der Waals surface area contributed by atoms with Crippen molar-refractivity contribution in [1.29, 1.82) is 0 Å². The molecule has 0 aliphatic rings. The highest BCUT2D eigenvalue weighted by Gasteiger charge is 2.08. The van der Waals surface area contributed by atoms with Gasteiger partial charge in [-0.05, 0) is 224 Å². The van der Waals surface area contributed by atoms with E-state index in [0.29, 0.717) is 0 Å². The van der Waals surface area contributed by atoms with Gasteiger partial charge in [0.15, 0.2) is 0 Å². The minimum Gasteiger partial charge on any atom is -0.166 e. The molecule has 0 nitrogen and oxygen atoms in total. The topological polar surface area (TPSA) is 0 Å². The highest BCUT2D eigenvalue weighted by molar-refractivity contribution is 8.02. The lowest BCUT2D eigenvalue weighted by Crippen LogP contribution is -2.08. The molecular formula is C84H196S14. The van der Waals surface area contributed by atoms with Crippen LogP contribution in [0.1, 0.15) is 339 Å². The van der Waals surface area contributed by atoms with Gasteiger partial charge in [0.2, 0.25) is 0 Å². The molecule has 0 spiro atoms. The second-order valence-corrected chi connectivity index (χ2v) is 47.0. The van der Waals surface area contributed by atoms with E-state index in [1.807, 2.05) is 118 Å². The third-order valence-electron chi connectivity index (χ3n) is 12.2. The van der Waals surface area contributed by atoms with Crippen LogP contribution >= 0.6 is 165 Å². The normalized spacial score (nSPS) is 11.4. The molecule has 0 amide bonds. The van der Waals surface area contributed by atoms with E-state index < -0.39 is 0 Å². The average molecular weight is 1660 g/mol. The van der Waals surface area contributed by atoms with Gasteiger partial charge >= 0.3 is 0 Å². The summed E-state index contributed by atoms with van der Waals surface area (Å²) in [6.45, 7) is 80.8. The van der Waals surface area contributed by atoms with Crippen molar-refractivity contribution >= 4 is 165 Å². The van der Waals surface area contributed by atoms with Crippen LogP contribution in [0.2, 0.25) is 0 Å². The van der Waals surface area contributed by atoms with E-state index in [9.17, 15) is 0 Å². The van der Waals surface area contributed by atoms with E-state index in [4.69, 9.17) is 0 Å². The zero-order chi connectivity index (χ0) is 79.9. The van der Waals surface area contributed by atoms with Crippen molar-refractivity contribution in [3.8, 4) is 0 Å². The summed E-state index contributed by atoms with van der Waals surface area (Å²) < 4.78 is 0. The molecule has 4 unspecified atom stereocenters. The highest BCUT2D eigenvalue weighted by atomic mass is 32.2. The molecule has 0 heterocycles. The van der Waals surface area contributed by atoms with Crippen LogP contribution in [0.25, 0.3) is 0 Å². The summed E-state index contributed by atoms with van der Waals surface area (Å²) in [5.74, 6) is 20.9. The standard InChI is InChI=1S/3C8H18S.2C7H16S.4C6H14S.3C5H12S.C4H10S.C3H8S/c1-6(2)8(5)9-7(3)4;1-5-8(4)6-9-7(2)3;1-4-5-6-7-9-8(2)3;1-6(2)5-8-7(3)4;1-4-5-6-8-7(2)3;1-5(2)6(3)7-4;1-4-6(2)5-7-3;1-4-5-7-6(2)3;1-3-4-5-6-7-2;1-5(2)4-6-3;1-4-6-5(2)3;1-3-4-5-6-2;1-3-4-5-2;1-3-4-2/h6-8H,1-5H3;7-8H,5-6H2,1-4H3;8H,4-7H2,1-3H3;6-7H,5H2,1-4H3;7H,4-6H2,1-3H3;5-6H,1-4H3;2*6H,4-5H2,1-3H3;3-6H2,1-2H3;2*5H,4H2,1-3H3;3-5H2,1-2H3;3-4H2,1-2H3;3H2,1-2H3. The number of hydrogen-bond donors (Lipinski definition) is 0. The van der Waals surface area contributed by atoms with Crippen LogP contribution < -0.4 is 0 Å². The van der Waals surface area contributed by atoms with Crippen molar-refractivity contribution in [2.45, 2.75) is 386 Å². The monoisotopic (exact) mass is 1650 g/mol. The molecule has 0 fully saturated rings. The fourth-order valence-corrected chi connectivity index (χ4v) is 14.8. The first kappa shape index (κ1) is 135. The lowest BCUT2D eigenvalue weighted by molar-refractivity contribution is 0.636. The van der Waals surface area contributed by atoms with Gasteiger partial charge in [-0.25, -0.2) is 0 Å². The molecule has 0 bridgehead atoms. The van der Waals surface area contributed by atoms with Gasteiger partial charge in [-0.15, -0.1) is 0 Å². The molecule has 14 heteroatoms. The number of rotatable bonds is 41. The Balaban J connectivity index is -0.0000000649. The molecule has 0 radical (unpaired) electrons. The summed E-state index contributed by atoms with van der Waals surface area (Å²) in [5.41, 5.74) is 0. The summed E-state index contributed by atoms with van der Waals surface area (Å²) >= 11 is 27.7. The van der Waals surface area contributed by atoms with Crippen LogP contribution in [-0.2, 0) is 0 Å². The van der Waals surface area contributed by atoms with Crippen LogP contribution in [0, 0.1) is 35.5 Å². The van der Waals surface area contributed by atoms with Crippen molar-refractivity contribution in [3.63, 3.8) is 0 Å². The van der Waals surface area contributed by atoms with Gasteiger partial charge in [-0.3, -0.25) is 0 Å². The average Bonchev–Trinajstić information content (AvgIpc) is 3.29. The maximum atomic E-state index is 2.31. The van der Waals surface area contributed by atoms with Gasteiger partial charge in [-0.1, -0.05) is 301 Å². The molecule has 0 saturated heterocycles. The zero-order valence-corrected chi connectivity index (χ0v) is 87.2. The Morgan fingerprint density at radius 3 is 0.694 bits per heavy atom. The third-order valence-corrected chi connectivity index (χ3v) is 27.4. The first-order valence-corrected chi connectivity index (χ1v) is 56.5. The van der Waals surface area contributed by atoms with Crippen LogP contribution in [0.15, 0.2) is 0 Å². The maximum Gasteiger partial charge on any atom is 0.00443 e. The molecule has 616 valence electrons. The van der Waals surface area contributed by atoms with Gasteiger partial charge in [0.05, 0.1) is 0 Å². The SMILES string of the molecule is CC(C)CSC(C)C.CC(C)SC(C)C(C)C.CCC(C)CSC.CCC(C)CSC(C)C.CCCCCSC.CCCCCSC(C)C.CCCCSC.CCCCSC(C)C.CCCSC.CCCSC(C)C.CCSC.CCSC(C)C.CSC(C)C(C)C.CSCC(C)C. The summed E-state index contributed by atoms with van der Waals surface area (Å²) in [6.07, 6.45) is 34.0. The smallest absolute Gasteiger partial charge is 0.00443 e. The second-order valence-electron chi connectivity index (χ2n) is 27.7. The Labute approximate surface area is 692 Å². The zero-order valence-electron chi connectivity index (χ0n) is 75.8. The van der Waals surface area contributed by atoms with Crippen LogP contribution in [0.3, 0.4) is 0 Å². The van der Waals surface area contributed by atoms with E-state index in [1.165, 1.54) is 159 Å². The quantitative estimate of drug-likeness (QED) is 0.0534. The van der Waals surface area contributed by atoms with E-state index in [0.717, 1.165) is 82.8 Å². The maximum absolute atomic E-state index is 2.31. The predicted octanol–water partition coefficient (Wildman–Crippen LogP) is 34.7. The Morgan fingerprint density at radius 1 is 0.224 bits per heavy atom. The van der Waals surface area contributed by atoms with Crippen molar-refractivity contribution in [2.24, 2.45) is 35.5 Å². The van der Waals surface area contributed by atoms with Crippen molar-refractivity contribution in [2.75, 3.05) is 113 Å². The molecule has 0 rings (SSSR count).